The van der Waals surface area contributed by atoms with Gasteiger partial charge in [-0.1, -0.05) is 35.4 Å². The van der Waals surface area contributed by atoms with Gasteiger partial charge in [-0.15, -0.1) is 0 Å². The van der Waals surface area contributed by atoms with E-state index in [1.165, 1.54) is 13.2 Å². The normalized spacial score (nSPS) is 10.7. The third-order valence-electron chi connectivity index (χ3n) is 5.60. The van der Waals surface area contributed by atoms with Gasteiger partial charge in [0.05, 0.1) is 29.5 Å². The van der Waals surface area contributed by atoms with Gasteiger partial charge in [-0.3, -0.25) is 4.99 Å². The van der Waals surface area contributed by atoms with Crippen molar-refractivity contribution in [1.29, 1.82) is 0 Å². The quantitative estimate of drug-likeness (QED) is 0.166. The van der Waals surface area contributed by atoms with Gasteiger partial charge < -0.3 is 14.2 Å². The van der Waals surface area contributed by atoms with E-state index in [4.69, 9.17) is 14.2 Å². The molecule has 0 saturated carbocycles. The molecule has 7 nitrogen and oxygen atoms in total. The van der Waals surface area contributed by atoms with Gasteiger partial charge in [-0.2, -0.15) is 0 Å². The number of carbonyl (C=O) groups excluding carboxylic acids is 3. The molecule has 0 amide bonds. The molecule has 0 aromatic heterocycles. The van der Waals surface area contributed by atoms with E-state index in [9.17, 15) is 14.4 Å². The molecule has 38 heavy (non-hydrogen) atoms. The fourth-order valence-electron chi connectivity index (χ4n) is 3.44. The van der Waals surface area contributed by atoms with Crippen molar-refractivity contribution in [2.24, 2.45) is 4.99 Å². The van der Waals surface area contributed by atoms with E-state index >= 15 is 0 Å². The Morgan fingerprint density at radius 1 is 0.632 bits per heavy atom. The molecule has 0 saturated heterocycles. The van der Waals surface area contributed by atoms with Crippen molar-refractivity contribution in [2.45, 2.75) is 13.8 Å². The Bertz CT molecular complexity index is 1490. The van der Waals surface area contributed by atoms with E-state index in [2.05, 4.69) is 4.99 Å². The zero-order valence-corrected chi connectivity index (χ0v) is 21.1. The van der Waals surface area contributed by atoms with Crippen molar-refractivity contribution in [3.63, 3.8) is 0 Å². The van der Waals surface area contributed by atoms with Crippen molar-refractivity contribution in [3.05, 3.63) is 124 Å². The number of methoxy groups -OCH3 is 1. The Kier molecular flexibility index (Phi) is 8.08. The summed E-state index contributed by atoms with van der Waals surface area (Å²) in [5.41, 5.74) is 4.12. The van der Waals surface area contributed by atoms with E-state index in [0.717, 1.165) is 11.1 Å². The monoisotopic (exact) mass is 507 g/mol. The van der Waals surface area contributed by atoms with E-state index in [1.807, 2.05) is 38.1 Å². The first-order valence-electron chi connectivity index (χ1n) is 11.8. The number of nitrogens with zero attached hydrogens (tertiary/aromatic N) is 1. The number of carbonyl (C=O) groups is 3. The van der Waals surface area contributed by atoms with Crippen LogP contribution in [0.1, 0.15) is 47.8 Å². The highest BCUT2D eigenvalue weighted by Crippen LogP contribution is 2.26. The molecule has 0 radical (unpaired) electrons. The van der Waals surface area contributed by atoms with Crippen LogP contribution in [0.3, 0.4) is 0 Å². The number of aliphatic imine (C=N–C) groups is 1. The Morgan fingerprint density at radius 3 is 1.66 bits per heavy atom. The molecule has 190 valence electrons. The van der Waals surface area contributed by atoms with E-state index in [-0.39, 0.29) is 11.3 Å². The smallest absolute Gasteiger partial charge is 0.343 e. The fourth-order valence-corrected chi connectivity index (χ4v) is 3.44. The molecule has 0 atom stereocenters. The lowest BCUT2D eigenvalue weighted by Crippen LogP contribution is -2.09. The highest BCUT2D eigenvalue weighted by atomic mass is 16.5. The van der Waals surface area contributed by atoms with E-state index in [1.54, 1.807) is 66.9 Å². The molecule has 0 fully saturated rings. The summed E-state index contributed by atoms with van der Waals surface area (Å²) in [4.78, 5) is 41.6. The molecule has 0 bridgehead atoms. The molecule has 7 heteroatoms. The summed E-state index contributed by atoms with van der Waals surface area (Å²) in [6, 6.07) is 25.4. The molecular formula is C31H25NO6. The van der Waals surface area contributed by atoms with Crippen LogP contribution in [0.2, 0.25) is 0 Å². The molecule has 4 aromatic carbocycles. The van der Waals surface area contributed by atoms with Gasteiger partial charge in [0.25, 0.3) is 0 Å². The highest BCUT2D eigenvalue weighted by Gasteiger charge is 2.15. The van der Waals surface area contributed by atoms with Gasteiger partial charge in [-0.25, -0.2) is 14.4 Å². The molecule has 0 spiro atoms. The van der Waals surface area contributed by atoms with Crippen LogP contribution in [0, 0.1) is 13.8 Å². The average molecular weight is 508 g/mol. The number of rotatable bonds is 7. The summed E-state index contributed by atoms with van der Waals surface area (Å²) >= 11 is 0. The number of benzene rings is 4. The minimum atomic E-state index is -0.622. The maximum Gasteiger partial charge on any atom is 0.343 e. The third-order valence-corrected chi connectivity index (χ3v) is 5.60. The minimum Gasteiger partial charge on any atom is -0.465 e. The van der Waals surface area contributed by atoms with Crippen molar-refractivity contribution in [2.75, 3.05) is 7.11 Å². The zero-order valence-electron chi connectivity index (χ0n) is 21.1. The van der Waals surface area contributed by atoms with Gasteiger partial charge in [0.1, 0.15) is 11.5 Å². The zero-order chi connectivity index (χ0) is 27.1. The number of esters is 3. The predicted molar refractivity (Wildman–Crippen MR) is 144 cm³/mol. The van der Waals surface area contributed by atoms with E-state index in [0.29, 0.717) is 28.1 Å². The molecular weight excluding hydrogens is 482 g/mol. The van der Waals surface area contributed by atoms with Crippen molar-refractivity contribution in [3.8, 4) is 11.5 Å². The first-order chi connectivity index (χ1) is 18.3. The number of ether oxygens (including phenoxy) is 3. The Labute approximate surface area is 220 Å². The number of aryl methyl sites for hydroxylation is 2. The lowest BCUT2D eigenvalue weighted by molar-refractivity contribution is 0.0598. The molecule has 0 aliphatic rings. The first kappa shape index (κ1) is 26.0. The lowest BCUT2D eigenvalue weighted by atomic mass is 10.1. The largest absolute Gasteiger partial charge is 0.465 e. The van der Waals surface area contributed by atoms with Crippen LogP contribution >= 0.6 is 0 Å². The Balaban J connectivity index is 1.47. The van der Waals surface area contributed by atoms with Gasteiger partial charge in [-0.05, 0) is 86.1 Å². The van der Waals surface area contributed by atoms with Crippen LogP contribution in [0.4, 0.5) is 5.69 Å². The van der Waals surface area contributed by atoms with Crippen LogP contribution in [0.25, 0.3) is 0 Å². The van der Waals surface area contributed by atoms with E-state index < -0.39 is 17.9 Å². The summed E-state index contributed by atoms with van der Waals surface area (Å²) in [6.45, 7) is 3.87. The van der Waals surface area contributed by atoms with Crippen LogP contribution in [-0.2, 0) is 4.74 Å². The standard InChI is InChI=1S/C31H25NO6/c1-20-4-10-23(11-5-20)29(33)37-25-14-8-22(9-15-25)19-32-28-17-16-26(18-27(28)31(35)36-3)38-30(34)24-12-6-21(2)7-13-24/h4-19H,1-3H3/b32-19+. The van der Waals surface area contributed by atoms with Crippen LogP contribution in [0.5, 0.6) is 11.5 Å². The summed E-state index contributed by atoms with van der Waals surface area (Å²) in [7, 11) is 1.26. The molecule has 0 aliphatic heterocycles. The molecule has 0 N–H and O–H groups in total. The molecule has 0 aliphatic carbocycles. The first-order valence-corrected chi connectivity index (χ1v) is 11.8. The second-order valence-corrected chi connectivity index (χ2v) is 8.51. The predicted octanol–water partition coefficient (Wildman–Crippen LogP) is 6.28. The van der Waals surface area contributed by atoms with Crippen molar-refractivity contribution < 1.29 is 28.6 Å². The topological polar surface area (TPSA) is 91.3 Å². The molecule has 4 aromatic rings. The third kappa shape index (κ3) is 6.59. The Hall–Kier alpha value is -5.04. The van der Waals surface area contributed by atoms with Gasteiger partial charge in [0.2, 0.25) is 0 Å². The summed E-state index contributed by atoms with van der Waals surface area (Å²) in [5, 5.41) is 0. The number of hydrogen-bond donors (Lipinski definition) is 0. The average Bonchev–Trinajstić information content (AvgIpc) is 2.93. The second kappa shape index (κ2) is 11.8. The Morgan fingerprint density at radius 2 is 1.13 bits per heavy atom. The second-order valence-electron chi connectivity index (χ2n) is 8.51. The SMILES string of the molecule is COC(=O)c1cc(OC(=O)c2ccc(C)cc2)ccc1/N=C/c1ccc(OC(=O)c2ccc(C)cc2)cc1. The molecule has 0 unspecified atom stereocenters. The van der Waals surface area contributed by atoms with Gasteiger partial charge >= 0.3 is 17.9 Å². The van der Waals surface area contributed by atoms with Crippen molar-refractivity contribution >= 4 is 29.8 Å². The van der Waals surface area contributed by atoms with Gasteiger partial charge in [0, 0.05) is 6.21 Å². The van der Waals surface area contributed by atoms with Gasteiger partial charge in [0.15, 0.2) is 0 Å². The van der Waals surface area contributed by atoms with Crippen LogP contribution in [-0.4, -0.2) is 31.2 Å². The fraction of sp³-hybridized carbons (Fsp3) is 0.0968. The van der Waals surface area contributed by atoms with Crippen molar-refractivity contribution in [1.82, 2.24) is 0 Å². The summed E-state index contributed by atoms with van der Waals surface area (Å²) in [6.07, 6.45) is 1.56. The van der Waals surface area contributed by atoms with Crippen LogP contribution in [0.15, 0.2) is 96.0 Å². The number of hydrogen-bond acceptors (Lipinski definition) is 7. The molecule has 0 heterocycles. The molecule has 4 rings (SSSR count). The maximum absolute atomic E-state index is 12.5. The minimum absolute atomic E-state index is 0.140. The highest BCUT2D eigenvalue weighted by molar-refractivity contribution is 5.97. The lowest BCUT2D eigenvalue weighted by Gasteiger charge is -2.09. The maximum atomic E-state index is 12.5. The summed E-state index contributed by atoms with van der Waals surface area (Å²) in [5.74, 6) is -1.03. The summed E-state index contributed by atoms with van der Waals surface area (Å²) < 4.78 is 15.7. The van der Waals surface area contributed by atoms with Crippen LogP contribution < -0.4 is 9.47 Å².